The highest BCUT2D eigenvalue weighted by molar-refractivity contribution is 9.09. The minimum absolute atomic E-state index is 0.000813. The van der Waals surface area contributed by atoms with Crippen LogP contribution in [0.2, 0.25) is 0 Å². The van der Waals surface area contributed by atoms with Crippen LogP contribution in [0.4, 0.5) is 4.39 Å². The molecule has 1 rings (SSSR count). The van der Waals surface area contributed by atoms with E-state index in [-0.39, 0.29) is 28.3 Å². The summed E-state index contributed by atoms with van der Waals surface area (Å²) in [4.78, 5) is 21.9. The molecule has 5 heteroatoms. The van der Waals surface area contributed by atoms with Crippen molar-refractivity contribution in [3.05, 3.63) is 34.6 Å². The van der Waals surface area contributed by atoms with Crippen molar-refractivity contribution >= 4 is 28.0 Å². The first-order chi connectivity index (χ1) is 7.15. The topological polar surface area (TPSA) is 57.9 Å². The quantitative estimate of drug-likeness (QED) is 0.480. The average Bonchev–Trinajstić information content (AvgIpc) is 2.27. The number of rotatable bonds is 3. The van der Waals surface area contributed by atoms with Crippen LogP contribution >= 0.6 is 15.9 Å². The molecule has 76 valence electrons. The number of nitriles is 1. The molecule has 0 aliphatic heterocycles. The van der Waals surface area contributed by atoms with Crippen LogP contribution in [0.1, 0.15) is 26.3 Å². The van der Waals surface area contributed by atoms with Gasteiger partial charge >= 0.3 is 0 Å². The summed E-state index contributed by atoms with van der Waals surface area (Å²) in [6.07, 6.45) is 0.242. The molecular formula is C10H5BrFNO2. The highest BCUT2D eigenvalue weighted by Gasteiger charge is 2.16. The third kappa shape index (κ3) is 2.10. The lowest BCUT2D eigenvalue weighted by Crippen LogP contribution is -2.07. The number of nitrogens with zero attached hydrogens (tertiary/aromatic N) is 1. The molecule has 0 bridgehead atoms. The van der Waals surface area contributed by atoms with Crippen molar-refractivity contribution < 1.29 is 14.0 Å². The number of alkyl halides is 1. The van der Waals surface area contributed by atoms with Crippen LogP contribution < -0.4 is 0 Å². The molecular weight excluding hydrogens is 265 g/mol. The summed E-state index contributed by atoms with van der Waals surface area (Å²) >= 11 is 2.92. The molecule has 0 radical (unpaired) electrons. The van der Waals surface area contributed by atoms with E-state index in [4.69, 9.17) is 5.26 Å². The van der Waals surface area contributed by atoms with Gasteiger partial charge in [-0.05, 0) is 12.1 Å². The Labute approximate surface area is 93.6 Å². The van der Waals surface area contributed by atoms with Gasteiger partial charge in [0, 0.05) is 5.56 Å². The Hall–Kier alpha value is -1.54. The van der Waals surface area contributed by atoms with Crippen molar-refractivity contribution in [3.63, 3.8) is 0 Å². The second-order valence-electron chi connectivity index (χ2n) is 2.67. The van der Waals surface area contributed by atoms with Gasteiger partial charge in [-0.3, -0.25) is 9.59 Å². The van der Waals surface area contributed by atoms with Crippen molar-refractivity contribution in [1.82, 2.24) is 0 Å². The molecule has 0 saturated heterocycles. The summed E-state index contributed by atoms with van der Waals surface area (Å²) in [5, 5.41) is 8.52. The van der Waals surface area contributed by atoms with E-state index in [0.29, 0.717) is 0 Å². The van der Waals surface area contributed by atoms with Crippen LogP contribution in [-0.2, 0) is 0 Å². The maximum absolute atomic E-state index is 13.4. The van der Waals surface area contributed by atoms with E-state index in [2.05, 4.69) is 15.9 Å². The Kier molecular flexibility index (Phi) is 3.69. The number of carbonyl (C=O) groups excluding carboxylic acids is 2. The van der Waals surface area contributed by atoms with Crippen molar-refractivity contribution in [2.24, 2.45) is 0 Å². The van der Waals surface area contributed by atoms with Crippen molar-refractivity contribution in [2.75, 3.05) is 5.33 Å². The van der Waals surface area contributed by atoms with Crippen molar-refractivity contribution in [3.8, 4) is 6.07 Å². The highest BCUT2D eigenvalue weighted by Crippen LogP contribution is 2.17. The average molecular weight is 270 g/mol. The number of benzene rings is 1. The molecule has 0 heterocycles. The van der Waals surface area contributed by atoms with E-state index in [1.54, 1.807) is 6.07 Å². The standard InChI is InChI=1S/C10H5BrFNO2/c11-3-9(15)7-2-1-6(4-13)10(12)8(7)5-14/h1-2,5H,3H2. The first kappa shape index (κ1) is 11.5. The summed E-state index contributed by atoms with van der Waals surface area (Å²) in [5.74, 6) is -1.35. The number of halogens is 2. The summed E-state index contributed by atoms with van der Waals surface area (Å²) in [5.41, 5.74) is -0.625. The third-order valence-electron chi connectivity index (χ3n) is 1.84. The van der Waals surface area contributed by atoms with Crippen LogP contribution in [0.5, 0.6) is 0 Å². The summed E-state index contributed by atoms with van der Waals surface area (Å²) < 4.78 is 13.4. The van der Waals surface area contributed by atoms with Gasteiger partial charge in [0.2, 0.25) is 0 Å². The zero-order valence-electron chi connectivity index (χ0n) is 7.46. The van der Waals surface area contributed by atoms with Crippen molar-refractivity contribution in [1.29, 1.82) is 5.26 Å². The number of hydrogen-bond acceptors (Lipinski definition) is 3. The van der Waals surface area contributed by atoms with Crippen LogP contribution in [-0.4, -0.2) is 17.4 Å². The number of carbonyl (C=O) groups is 2. The molecule has 0 saturated carbocycles. The van der Waals surface area contributed by atoms with E-state index in [1.807, 2.05) is 0 Å². The van der Waals surface area contributed by atoms with Crippen LogP contribution in [0.15, 0.2) is 12.1 Å². The van der Waals surface area contributed by atoms with Gasteiger partial charge < -0.3 is 0 Å². The normalized spacial score (nSPS) is 9.40. The van der Waals surface area contributed by atoms with Crippen molar-refractivity contribution in [2.45, 2.75) is 0 Å². The van der Waals surface area contributed by atoms with Gasteiger partial charge in [0.05, 0.1) is 16.5 Å². The Morgan fingerprint density at radius 2 is 2.27 bits per heavy atom. The molecule has 3 nitrogen and oxygen atoms in total. The minimum atomic E-state index is -0.945. The SMILES string of the molecule is N#Cc1ccc(C(=O)CBr)c(C=O)c1F. The summed E-state index contributed by atoms with van der Waals surface area (Å²) in [7, 11) is 0. The molecule has 0 fully saturated rings. The smallest absolute Gasteiger partial charge is 0.174 e. The van der Waals surface area contributed by atoms with Crippen LogP contribution in [0.3, 0.4) is 0 Å². The maximum Gasteiger partial charge on any atom is 0.174 e. The molecule has 0 aliphatic rings. The minimum Gasteiger partial charge on any atom is -0.298 e. The first-order valence-electron chi connectivity index (χ1n) is 3.92. The molecule has 0 N–H and O–H groups in total. The van der Waals surface area contributed by atoms with Gasteiger partial charge in [-0.25, -0.2) is 4.39 Å². The van der Waals surface area contributed by atoms with Gasteiger partial charge in [0.25, 0.3) is 0 Å². The lowest BCUT2D eigenvalue weighted by atomic mass is 10.0. The Morgan fingerprint density at radius 1 is 1.60 bits per heavy atom. The second-order valence-corrected chi connectivity index (χ2v) is 3.24. The fraction of sp³-hybridized carbons (Fsp3) is 0.100. The second kappa shape index (κ2) is 4.80. The lowest BCUT2D eigenvalue weighted by molar-refractivity contribution is 0.101. The largest absolute Gasteiger partial charge is 0.298 e. The van der Waals surface area contributed by atoms with Crippen LogP contribution in [0, 0.1) is 17.1 Å². The lowest BCUT2D eigenvalue weighted by Gasteiger charge is -2.03. The molecule has 0 atom stereocenters. The van der Waals surface area contributed by atoms with E-state index >= 15 is 0 Å². The first-order valence-corrected chi connectivity index (χ1v) is 5.04. The molecule has 1 aromatic carbocycles. The summed E-state index contributed by atoms with van der Waals surface area (Å²) in [6, 6.07) is 4.05. The van der Waals surface area contributed by atoms with Gasteiger partial charge in [-0.15, -0.1) is 0 Å². The Bertz CT molecular complexity index is 465. The van der Waals surface area contributed by atoms with E-state index < -0.39 is 11.6 Å². The zero-order chi connectivity index (χ0) is 11.4. The maximum atomic E-state index is 13.4. The zero-order valence-corrected chi connectivity index (χ0v) is 9.04. The van der Waals surface area contributed by atoms with Gasteiger partial charge in [0.1, 0.15) is 6.07 Å². The molecule has 0 unspecified atom stereocenters. The molecule has 0 amide bonds. The molecule has 1 aromatic rings. The molecule has 0 aliphatic carbocycles. The highest BCUT2D eigenvalue weighted by atomic mass is 79.9. The Balaban J connectivity index is 3.45. The van der Waals surface area contributed by atoms with Gasteiger partial charge in [0.15, 0.2) is 17.9 Å². The predicted octanol–water partition coefficient (Wildman–Crippen LogP) is 2.09. The molecule has 15 heavy (non-hydrogen) atoms. The van der Waals surface area contributed by atoms with Gasteiger partial charge in [-0.2, -0.15) is 5.26 Å². The van der Waals surface area contributed by atoms with E-state index in [1.165, 1.54) is 12.1 Å². The van der Waals surface area contributed by atoms with Crippen LogP contribution in [0.25, 0.3) is 0 Å². The number of hydrogen-bond donors (Lipinski definition) is 0. The van der Waals surface area contributed by atoms with E-state index in [0.717, 1.165) is 0 Å². The van der Waals surface area contributed by atoms with Gasteiger partial charge in [-0.1, -0.05) is 15.9 Å². The monoisotopic (exact) mass is 269 g/mol. The number of Topliss-reactive ketones (excluding diaryl/α,β-unsaturated/α-hetero) is 1. The number of ketones is 1. The molecule has 0 aromatic heterocycles. The number of aldehydes is 1. The summed E-state index contributed by atoms with van der Waals surface area (Å²) in [6.45, 7) is 0. The predicted molar refractivity (Wildman–Crippen MR) is 54.6 cm³/mol. The van der Waals surface area contributed by atoms with E-state index in [9.17, 15) is 14.0 Å². The Morgan fingerprint density at radius 3 is 2.73 bits per heavy atom. The fourth-order valence-electron chi connectivity index (χ4n) is 1.11. The third-order valence-corrected chi connectivity index (χ3v) is 2.35. The fourth-order valence-corrected chi connectivity index (χ4v) is 1.41. The molecule has 0 spiro atoms.